The van der Waals surface area contributed by atoms with Gasteiger partial charge in [-0.2, -0.15) is 0 Å². The number of nitrogens with zero attached hydrogens (tertiary/aromatic N) is 3. The summed E-state index contributed by atoms with van der Waals surface area (Å²) < 4.78 is 5.58. The van der Waals surface area contributed by atoms with E-state index >= 15 is 0 Å². The Labute approximate surface area is 198 Å². The van der Waals surface area contributed by atoms with Crippen LogP contribution in [0.2, 0.25) is 0 Å². The number of hydrogen-bond acceptors (Lipinski definition) is 4. The minimum atomic E-state index is 0.204. The molecule has 176 valence electrons. The molecular weight excluding hydrogens is 410 g/mol. The first-order chi connectivity index (χ1) is 16.2. The highest BCUT2D eigenvalue weighted by Crippen LogP contribution is 2.35. The number of benzene rings is 2. The number of piperazine rings is 1. The van der Waals surface area contributed by atoms with Gasteiger partial charge in [0.25, 0.3) is 0 Å². The molecule has 5 nitrogen and oxygen atoms in total. The van der Waals surface area contributed by atoms with Crippen LogP contribution in [0.4, 0.5) is 11.4 Å². The summed E-state index contributed by atoms with van der Waals surface area (Å²) >= 11 is 0. The Morgan fingerprint density at radius 1 is 0.879 bits per heavy atom. The first kappa shape index (κ1) is 22.3. The zero-order valence-electron chi connectivity index (χ0n) is 19.9. The van der Waals surface area contributed by atoms with Gasteiger partial charge in [0.2, 0.25) is 5.91 Å². The third-order valence-electron chi connectivity index (χ3n) is 7.82. The smallest absolute Gasteiger partial charge is 0.230 e. The van der Waals surface area contributed by atoms with Crippen LogP contribution in [0.1, 0.15) is 44.1 Å². The van der Waals surface area contributed by atoms with Gasteiger partial charge in [-0.15, -0.1) is 0 Å². The fourth-order valence-corrected chi connectivity index (χ4v) is 5.98. The van der Waals surface area contributed by atoms with Crippen LogP contribution >= 0.6 is 0 Å². The topological polar surface area (TPSA) is 36.0 Å². The molecule has 1 atom stereocenters. The van der Waals surface area contributed by atoms with E-state index in [0.717, 1.165) is 69.8 Å². The van der Waals surface area contributed by atoms with Crippen molar-refractivity contribution in [3.8, 4) is 5.75 Å². The molecule has 2 aromatic rings. The van der Waals surface area contributed by atoms with Gasteiger partial charge in [0.05, 0.1) is 12.8 Å². The van der Waals surface area contributed by atoms with Gasteiger partial charge in [-0.05, 0) is 49.4 Å². The maximum absolute atomic E-state index is 13.8. The van der Waals surface area contributed by atoms with Crippen LogP contribution in [0.3, 0.4) is 0 Å². The van der Waals surface area contributed by atoms with Gasteiger partial charge >= 0.3 is 0 Å². The van der Waals surface area contributed by atoms with E-state index < -0.39 is 0 Å². The summed E-state index contributed by atoms with van der Waals surface area (Å²) in [6.07, 6.45) is 7.91. The van der Waals surface area contributed by atoms with Crippen molar-refractivity contribution in [2.45, 2.75) is 51.0 Å². The SMILES string of the molecule is COc1ccccc1N1CCN(CC2CCc3ccccc3N2C(=O)C2CCCCC2)CC1. The zero-order chi connectivity index (χ0) is 22.6. The van der Waals surface area contributed by atoms with Crippen molar-refractivity contribution in [2.24, 2.45) is 5.92 Å². The maximum atomic E-state index is 13.8. The Balaban J connectivity index is 1.28. The van der Waals surface area contributed by atoms with Crippen LogP contribution in [0.15, 0.2) is 48.5 Å². The normalized spacial score (nSPS) is 22.2. The largest absolute Gasteiger partial charge is 0.495 e. The molecule has 1 amide bonds. The Bertz CT molecular complexity index is 948. The Kier molecular flexibility index (Phi) is 6.86. The number of methoxy groups -OCH3 is 1. The molecule has 3 aliphatic rings. The van der Waals surface area contributed by atoms with Crippen molar-refractivity contribution < 1.29 is 9.53 Å². The standard InChI is InChI=1S/C28H37N3O2/c1-33-27-14-8-7-13-26(27)30-19-17-29(18-20-30)21-24-16-15-22-9-5-6-12-25(22)31(24)28(32)23-10-3-2-4-11-23/h5-9,12-14,23-24H,2-4,10-11,15-21H2,1H3. The molecule has 5 rings (SSSR count). The van der Waals surface area contributed by atoms with Gasteiger partial charge in [-0.1, -0.05) is 49.6 Å². The third kappa shape index (κ3) is 4.74. The lowest BCUT2D eigenvalue weighted by Crippen LogP contribution is -2.55. The summed E-state index contributed by atoms with van der Waals surface area (Å²) in [6, 6.07) is 17.1. The second kappa shape index (κ2) is 10.2. The lowest BCUT2D eigenvalue weighted by molar-refractivity contribution is -0.124. The number of ether oxygens (including phenoxy) is 1. The van der Waals surface area contributed by atoms with E-state index in [9.17, 15) is 4.79 Å². The lowest BCUT2D eigenvalue weighted by atomic mass is 9.86. The fraction of sp³-hybridized carbons (Fsp3) is 0.536. The monoisotopic (exact) mass is 447 g/mol. The van der Waals surface area contributed by atoms with Gasteiger partial charge in [0.1, 0.15) is 5.75 Å². The number of hydrogen-bond donors (Lipinski definition) is 0. The van der Waals surface area contributed by atoms with Crippen LogP contribution in [-0.4, -0.2) is 56.7 Å². The highest BCUT2D eigenvalue weighted by molar-refractivity contribution is 5.97. The molecule has 5 heteroatoms. The van der Waals surface area contributed by atoms with E-state index in [4.69, 9.17) is 4.74 Å². The predicted molar refractivity (Wildman–Crippen MR) is 134 cm³/mol. The number of aryl methyl sites for hydroxylation is 1. The molecule has 33 heavy (non-hydrogen) atoms. The highest BCUT2D eigenvalue weighted by Gasteiger charge is 2.36. The molecule has 1 saturated heterocycles. The van der Waals surface area contributed by atoms with Gasteiger partial charge in [0.15, 0.2) is 0 Å². The Morgan fingerprint density at radius 3 is 2.33 bits per heavy atom. The number of fused-ring (bicyclic) bond motifs is 1. The summed E-state index contributed by atoms with van der Waals surface area (Å²) in [5, 5.41) is 0. The van der Waals surface area contributed by atoms with Crippen molar-refractivity contribution in [1.82, 2.24) is 4.90 Å². The van der Waals surface area contributed by atoms with Crippen molar-refractivity contribution in [2.75, 3.05) is 49.6 Å². The van der Waals surface area contributed by atoms with Gasteiger partial charge < -0.3 is 14.5 Å². The van der Waals surface area contributed by atoms with Crippen LogP contribution in [0, 0.1) is 5.92 Å². The molecule has 0 aromatic heterocycles. The number of para-hydroxylation sites is 3. The molecule has 0 radical (unpaired) electrons. The van der Waals surface area contributed by atoms with Gasteiger partial charge in [-0.3, -0.25) is 9.69 Å². The molecule has 0 N–H and O–H groups in total. The van der Waals surface area contributed by atoms with Crippen LogP contribution in [0.25, 0.3) is 0 Å². The van der Waals surface area contributed by atoms with E-state index in [1.165, 1.54) is 30.5 Å². The van der Waals surface area contributed by atoms with E-state index in [2.05, 4.69) is 51.1 Å². The molecular formula is C28H37N3O2. The Hall–Kier alpha value is -2.53. The molecule has 1 unspecified atom stereocenters. The molecule has 2 aromatic carbocycles. The van der Waals surface area contributed by atoms with Gasteiger partial charge in [0, 0.05) is 50.4 Å². The molecule has 1 saturated carbocycles. The summed E-state index contributed by atoms with van der Waals surface area (Å²) in [4.78, 5) is 21.0. The van der Waals surface area contributed by atoms with Crippen molar-refractivity contribution in [1.29, 1.82) is 0 Å². The lowest BCUT2D eigenvalue weighted by Gasteiger charge is -2.44. The first-order valence-corrected chi connectivity index (χ1v) is 12.8. The predicted octanol–water partition coefficient (Wildman–Crippen LogP) is 4.75. The first-order valence-electron chi connectivity index (χ1n) is 12.8. The van der Waals surface area contributed by atoms with Crippen LogP contribution in [0.5, 0.6) is 5.75 Å². The minimum absolute atomic E-state index is 0.204. The fourth-order valence-electron chi connectivity index (χ4n) is 5.98. The molecule has 1 aliphatic carbocycles. The number of rotatable bonds is 5. The quantitative estimate of drug-likeness (QED) is 0.663. The van der Waals surface area contributed by atoms with E-state index in [1.54, 1.807) is 7.11 Å². The summed E-state index contributed by atoms with van der Waals surface area (Å²) in [7, 11) is 1.74. The number of anilines is 2. The second-order valence-electron chi connectivity index (χ2n) is 9.82. The summed E-state index contributed by atoms with van der Waals surface area (Å²) in [6.45, 7) is 4.97. The van der Waals surface area contributed by atoms with Crippen molar-refractivity contribution in [3.63, 3.8) is 0 Å². The molecule has 0 spiro atoms. The molecule has 2 aliphatic heterocycles. The average Bonchev–Trinajstić information content (AvgIpc) is 2.89. The van der Waals surface area contributed by atoms with Crippen LogP contribution in [-0.2, 0) is 11.2 Å². The maximum Gasteiger partial charge on any atom is 0.230 e. The molecule has 2 heterocycles. The third-order valence-corrected chi connectivity index (χ3v) is 7.82. The highest BCUT2D eigenvalue weighted by atomic mass is 16.5. The number of carbonyl (C=O) groups is 1. The van der Waals surface area contributed by atoms with E-state index in [0.29, 0.717) is 5.91 Å². The van der Waals surface area contributed by atoms with Crippen molar-refractivity contribution in [3.05, 3.63) is 54.1 Å². The van der Waals surface area contributed by atoms with Gasteiger partial charge in [-0.25, -0.2) is 0 Å². The van der Waals surface area contributed by atoms with E-state index in [-0.39, 0.29) is 12.0 Å². The van der Waals surface area contributed by atoms with Crippen LogP contribution < -0.4 is 14.5 Å². The minimum Gasteiger partial charge on any atom is -0.495 e. The Morgan fingerprint density at radius 2 is 1.58 bits per heavy atom. The van der Waals surface area contributed by atoms with Crippen molar-refractivity contribution >= 4 is 17.3 Å². The molecule has 2 fully saturated rings. The summed E-state index contributed by atoms with van der Waals surface area (Å²) in [5.41, 5.74) is 3.68. The average molecular weight is 448 g/mol. The summed E-state index contributed by atoms with van der Waals surface area (Å²) in [5.74, 6) is 1.52. The molecule has 0 bridgehead atoms. The number of carbonyl (C=O) groups excluding carboxylic acids is 1. The zero-order valence-corrected chi connectivity index (χ0v) is 19.9. The second-order valence-corrected chi connectivity index (χ2v) is 9.82. The number of amides is 1. The van der Waals surface area contributed by atoms with E-state index in [1.807, 2.05) is 12.1 Å².